The molecule has 35 heavy (non-hydrogen) atoms. The van der Waals surface area contributed by atoms with Crippen LogP contribution in [0.1, 0.15) is 15.9 Å². The number of rotatable bonds is 8. The van der Waals surface area contributed by atoms with Crippen molar-refractivity contribution in [2.75, 3.05) is 4.72 Å². The molecule has 0 radical (unpaired) electrons. The van der Waals surface area contributed by atoms with Crippen molar-refractivity contribution in [1.29, 1.82) is 0 Å². The number of hydrogen-bond donors (Lipinski definition) is 3. The van der Waals surface area contributed by atoms with E-state index in [2.05, 4.69) is 21.2 Å². The molecule has 0 aromatic heterocycles. The van der Waals surface area contributed by atoms with Gasteiger partial charge in [-0.1, -0.05) is 51.3 Å². The fourth-order valence-corrected chi connectivity index (χ4v) is 5.13. The highest BCUT2D eigenvalue weighted by Crippen LogP contribution is 2.27. The standard InChI is InChI=1S/C22H15BrCl2F2N2O5S/c23-12-5-7-14(18(9-12)29-35(33,34)20-16(26)2-1-3-17(20)27)21(30)28-19(22(31)32)8-11-4-6-13(24)10-15(11)25/h1-7,9-10,19,29H,8H2,(H,28,30)(H,31,32). The SMILES string of the molecule is O=C(NC(Cc1ccc(Cl)cc1Cl)C(=O)O)c1ccc(Br)cc1NS(=O)(=O)c1c(F)cccc1F. The molecular formula is C22H15BrCl2F2N2O5S. The number of carbonyl (C=O) groups is 2. The van der Waals surface area contributed by atoms with Crippen LogP contribution in [0.2, 0.25) is 10.0 Å². The van der Waals surface area contributed by atoms with E-state index in [1.807, 2.05) is 4.72 Å². The van der Waals surface area contributed by atoms with E-state index in [0.29, 0.717) is 15.1 Å². The number of carboxylic acid groups (broad SMARTS) is 1. The van der Waals surface area contributed by atoms with Crippen molar-refractivity contribution in [2.45, 2.75) is 17.4 Å². The van der Waals surface area contributed by atoms with Gasteiger partial charge >= 0.3 is 5.97 Å². The first-order valence-corrected chi connectivity index (χ1v) is 12.7. The Labute approximate surface area is 217 Å². The predicted octanol–water partition coefficient (Wildman–Crippen LogP) is 5.26. The molecule has 0 heterocycles. The summed E-state index contributed by atoms with van der Waals surface area (Å²) in [6.45, 7) is 0. The molecule has 3 N–H and O–H groups in total. The maximum atomic E-state index is 14.1. The van der Waals surface area contributed by atoms with Gasteiger partial charge in [0.1, 0.15) is 17.7 Å². The summed E-state index contributed by atoms with van der Waals surface area (Å²) >= 11 is 15.1. The Morgan fingerprint density at radius 3 is 2.29 bits per heavy atom. The van der Waals surface area contributed by atoms with E-state index in [4.69, 9.17) is 23.2 Å². The minimum absolute atomic E-state index is 0.196. The molecule has 1 amide bonds. The molecule has 13 heteroatoms. The quantitative estimate of drug-likeness (QED) is 0.323. The third-order valence-electron chi connectivity index (χ3n) is 4.70. The highest BCUT2D eigenvalue weighted by molar-refractivity contribution is 9.10. The molecule has 3 rings (SSSR count). The second-order valence-corrected chi connectivity index (χ2v) is 10.5. The maximum Gasteiger partial charge on any atom is 0.326 e. The van der Waals surface area contributed by atoms with Crippen LogP contribution >= 0.6 is 39.1 Å². The van der Waals surface area contributed by atoms with Gasteiger partial charge in [0.05, 0.1) is 11.3 Å². The third kappa shape index (κ3) is 6.49. The fourth-order valence-electron chi connectivity index (χ4n) is 3.08. The average molecular weight is 608 g/mol. The largest absolute Gasteiger partial charge is 0.480 e. The van der Waals surface area contributed by atoms with Crippen molar-refractivity contribution >= 4 is 66.7 Å². The van der Waals surface area contributed by atoms with Crippen LogP contribution in [0.4, 0.5) is 14.5 Å². The van der Waals surface area contributed by atoms with Crippen molar-refractivity contribution in [1.82, 2.24) is 5.32 Å². The second kappa shape index (κ2) is 10.9. The lowest BCUT2D eigenvalue weighted by atomic mass is 10.0. The Hall–Kier alpha value is -2.73. The molecule has 0 aliphatic heterocycles. The summed E-state index contributed by atoms with van der Waals surface area (Å²) in [7, 11) is -4.80. The van der Waals surface area contributed by atoms with Crippen molar-refractivity contribution in [3.05, 3.63) is 91.9 Å². The van der Waals surface area contributed by atoms with Crippen LogP contribution in [0, 0.1) is 11.6 Å². The molecule has 7 nitrogen and oxygen atoms in total. The van der Waals surface area contributed by atoms with Crippen LogP contribution in [-0.2, 0) is 21.2 Å². The van der Waals surface area contributed by atoms with Crippen LogP contribution in [0.15, 0.2) is 64.0 Å². The predicted molar refractivity (Wildman–Crippen MR) is 130 cm³/mol. The lowest BCUT2D eigenvalue weighted by Crippen LogP contribution is -2.42. The average Bonchev–Trinajstić information content (AvgIpc) is 2.74. The molecule has 0 saturated carbocycles. The Bertz CT molecular complexity index is 1400. The van der Waals surface area contributed by atoms with E-state index >= 15 is 0 Å². The number of halogens is 5. The van der Waals surface area contributed by atoms with Gasteiger partial charge in [-0.05, 0) is 48.0 Å². The van der Waals surface area contributed by atoms with Crippen molar-refractivity contribution in [2.24, 2.45) is 0 Å². The number of carboxylic acids is 1. The number of anilines is 1. The van der Waals surface area contributed by atoms with Crippen molar-refractivity contribution < 1.29 is 31.9 Å². The number of amides is 1. The van der Waals surface area contributed by atoms with Crippen LogP contribution in [0.5, 0.6) is 0 Å². The summed E-state index contributed by atoms with van der Waals surface area (Å²) < 4.78 is 55.9. The van der Waals surface area contributed by atoms with Gasteiger partial charge in [0, 0.05) is 20.9 Å². The minimum Gasteiger partial charge on any atom is -0.480 e. The van der Waals surface area contributed by atoms with E-state index in [1.54, 1.807) is 0 Å². The number of benzene rings is 3. The number of carbonyl (C=O) groups excluding carboxylic acids is 1. The molecular weight excluding hydrogens is 593 g/mol. The van der Waals surface area contributed by atoms with E-state index in [-0.39, 0.29) is 22.7 Å². The van der Waals surface area contributed by atoms with Gasteiger partial charge in [0.2, 0.25) is 0 Å². The summed E-state index contributed by atoms with van der Waals surface area (Å²) in [6, 6.07) is 9.34. The molecule has 0 aliphatic rings. The van der Waals surface area contributed by atoms with Crippen molar-refractivity contribution in [3.8, 4) is 0 Å². The molecule has 0 saturated heterocycles. The lowest BCUT2D eigenvalue weighted by molar-refractivity contribution is -0.139. The third-order valence-corrected chi connectivity index (χ3v) is 7.20. The van der Waals surface area contributed by atoms with Gasteiger partial charge in [0.25, 0.3) is 15.9 Å². The normalized spacial score (nSPS) is 12.1. The van der Waals surface area contributed by atoms with E-state index < -0.39 is 44.5 Å². The number of sulfonamides is 1. The first kappa shape index (κ1) is 26.9. The molecule has 0 fully saturated rings. The Kier molecular flexibility index (Phi) is 8.37. The molecule has 0 spiro atoms. The summed E-state index contributed by atoms with van der Waals surface area (Å²) in [5.74, 6) is -4.99. The molecule has 0 bridgehead atoms. The van der Waals surface area contributed by atoms with Gasteiger partial charge in [-0.25, -0.2) is 22.0 Å². The Balaban J connectivity index is 1.92. The lowest BCUT2D eigenvalue weighted by Gasteiger charge is -2.18. The molecule has 3 aromatic rings. The van der Waals surface area contributed by atoms with Gasteiger partial charge in [-0.2, -0.15) is 0 Å². The Morgan fingerprint density at radius 1 is 1.03 bits per heavy atom. The molecule has 3 aromatic carbocycles. The summed E-state index contributed by atoms with van der Waals surface area (Å²) in [5, 5.41) is 12.4. The zero-order chi connectivity index (χ0) is 25.9. The molecule has 0 aliphatic carbocycles. The molecule has 1 unspecified atom stereocenters. The summed E-state index contributed by atoms with van der Waals surface area (Å²) in [5.41, 5.74) is -0.231. The fraction of sp³-hybridized carbons (Fsp3) is 0.0909. The van der Waals surface area contributed by atoms with Gasteiger partial charge < -0.3 is 10.4 Å². The number of nitrogens with one attached hydrogen (secondary N) is 2. The smallest absolute Gasteiger partial charge is 0.326 e. The van der Waals surface area contributed by atoms with Crippen molar-refractivity contribution in [3.63, 3.8) is 0 Å². The summed E-state index contributed by atoms with van der Waals surface area (Å²) in [4.78, 5) is 23.5. The van der Waals surface area contributed by atoms with Crippen LogP contribution < -0.4 is 10.0 Å². The second-order valence-electron chi connectivity index (χ2n) is 7.15. The highest BCUT2D eigenvalue weighted by atomic mass is 79.9. The first-order chi connectivity index (χ1) is 16.4. The van der Waals surface area contributed by atoms with Crippen LogP contribution in [0.25, 0.3) is 0 Å². The number of aliphatic carboxylic acids is 1. The van der Waals surface area contributed by atoms with E-state index in [1.165, 1.54) is 36.4 Å². The first-order valence-electron chi connectivity index (χ1n) is 9.63. The topological polar surface area (TPSA) is 113 Å². The molecule has 1 atom stereocenters. The van der Waals surface area contributed by atoms with Gasteiger partial charge in [0.15, 0.2) is 4.90 Å². The van der Waals surface area contributed by atoms with Gasteiger partial charge in [-0.3, -0.25) is 9.52 Å². The van der Waals surface area contributed by atoms with Gasteiger partial charge in [-0.15, -0.1) is 0 Å². The van der Waals surface area contributed by atoms with E-state index in [9.17, 15) is 31.9 Å². The zero-order valence-corrected chi connectivity index (χ0v) is 21.3. The molecule has 184 valence electrons. The Morgan fingerprint density at radius 2 is 1.69 bits per heavy atom. The highest BCUT2D eigenvalue weighted by Gasteiger charge is 2.28. The monoisotopic (exact) mass is 606 g/mol. The van der Waals surface area contributed by atoms with Crippen LogP contribution in [-0.4, -0.2) is 31.4 Å². The number of hydrogen-bond acceptors (Lipinski definition) is 4. The van der Waals surface area contributed by atoms with E-state index in [0.717, 1.165) is 18.2 Å². The van der Waals surface area contributed by atoms with Crippen LogP contribution in [0.3, 0.4) is 0 Å². The minimum atomic E-state index is -4.80. The maximum absolute atomic E-state index is 14.1. The zero-order valence-electron chi connectivity index (χ0n) is 17.4. The summed E-state index contributed by atoms with van der Waals surface area (Å²) in [6.07, 6.45) is -0.199.